The molecule has 0 amide bonds. The number of nitrogens with one attached hydrogen (secondary N) is 1. The number of hydrogen-bond acceptors (Lipinski definition) is 2. The highest BCUT2D eigenvalue weighted by atomic mass is 15.2. The monoisotopic (exact) mass is 288 g/mol. The second-order valence-electron chi connectivity index (χ2n) is 7.10. The number of rotatable bonds is 8. The lowest BCUT2D eigenvalue weighted by Crippen LogP contribution is -2.38. The molecular formula is C19H32N2. The molecule has 118 valence electrons. The lowest BCUT2D eigenvalue weighted by atomic mass is 10.0. The Hall–Kier alpha value is -0.860. The van der Waals surface area contributed by atoms with E-state index < -0.39 is 0 Å². The molecule has 1 heterocycles. The zero-order chi connectivity index (χ0) is 15.1. The molecule has 2 rings (SSSR count). The summed E-state index contributed by atoms with van der Waals surface area (Å²) in [4.78, 5) is 2.58. The van der Waals surface area contributed by atoms with Gasteiger partial charge in [-0.2, -0.15) is 0 Å². The van der Waals surface area contributed by atoms with E-state index >= 15 is 0 Å². The van der Waals surface area contributed by atoms with Crippen LogP contribution in [0.1, 0.15) is 52.0 Å². The maximum atomic E-state index is 3.83. The van der Waals surface area contributed by atoms with E-state index in [1.165, 1.54) is 44.3 Å². The van der Waals surface area contributed by atoms with E-state index in [2.05, 4.69) is 61.3 Å². The van der Waals surface area contributed by atoms with Crippen LogP contribution in [-0.4, -0.2) is 30.1 Å². The molecule has 1 N–H and O–H groups in total. The number of benzene rings is 1. The molecule has 0 radical (unpaired) electrons. The summed E-state index contributed by atoms with van der Waals surface area (Å²) in [5, 5.41) is 3.83. The highest BCUT2D eigenvalue weighted by molar-refractivity contribution is 5.14. The van der Waals surface area contributed by atoms with Gasteiger partial charge in [-0.3, -0.25) is 4.90 Å². The number of nitrogens with zero attached hydrogens (tertiary/aromatic N) is 1. The Balaban J connectivity index is 1.65. The average molecular weight is 288 g/mol. The fourth-order valence-electron chi connectivity index (χ4n) is 3.27. The van der Waals surface area contributed by atoms with Gasteiger partial charge < -0.3 is 5.32 Å². The van der Waals surface area contributed by atoms with Crippen molar-refractivity contribution in [3.63, 3.8) is 0 Å². The molecule has 0 saturated carbocycles. The van der Waals surface area contributed by atoms with Gasteiger partial charge in [-0.25, -0.2) is 0 Å². The lowest BCUT2D eigenvalue weighted by Gasteiger charge is -2.21. The van der Waals surface area contributed by atoms with Crippen LogP contribution in [0.4, 0.5) is 0 Å². The van der Waals surface area contributed by atoms with Crippen LogP contribution in [0.25, 0.3) is 0 Å². The standard InChI is InChI=1S/C19H32N2/c1-16(2)8-7-9-17(3)20-19-12-13-21(15-19)14-18-10-5-4-6-11-18/h4-6,10-11,16-17,19-20H,7-9,12-15H2,1-3H3. The summed E-state index contributed by atoms with van der Waals surface area (Å²) >= 11 is 0. The molecule has 2 unspecified atom stereocenters. The normalized spacial score (nSPS) is 21.0. The van der Waals surface area contributed by atoms with E-state index in [9.17, 15) is 0 Å². The molecule has 0 aliphatic carbocycles. The fourth-order valence-corrected chi connectivity index (χ4v) is 3.27. The average Bonchev–Trinajstić information content (AvgIpc) is 2.86. The van der Waals surface area contributed by atoms with Gasteiger partial charge in [0.1, 0.15) is 0 Å². The first-order valence-electron chi connectivity index (χ1n) is 8.66. The van der Waals surface area contributed by atoms with Crippen molar-refractivity contribution < 1.29 is 0 Å². The van der Waals surface area contributed by atoms with Gasteiger partial charge in [0.2, 0.25) is 0 Å². The summed E-state index contributed by atoms with van der Waals surface area (Å²) in [5.74, 6) is 0.838. The van der Waals surface area contributed by atoms with Gasteiger partial charge in [-0.1, -0.05) is 57.0 Å². The third-order valence-electron chi connectivity index (χ3n) is 4.46. The van der Waals surface area contributed by atoms with Gasteiger partial charge in [0, 0.05) is 31.7 Å². The Morgan fingerprint density at radius 2 is 1.90 bits per heavy atom. The second kappa shape index (κ2) is 8.55. The maximum Gasteiger partial charge on any atom is 0.0234 e. The van der Waals surface area contributed by atoms with Crippen LogP contribution in [0.2, 0.25) is 0 Å². The summed E-state index contributed by atoms with van der Waals surface area (Å²) in [6.07, 6.45) is 5.32. The predicted molar refractivity (Wildman–Crippen MR) is 91.4 cm³/mol. The summed E-state index contributed by atoms with van der Waals surface area (Å²) < 4.78 is 0. The number of likely N-dealkylation sites (tertiary alicyclic amines) is 1. The summed E-state index contributed by atoms with van der Waals surface area (Å²) in [7, 11) is 0. The highest BCUT2D eigenvalue weighted by Crippen LogP contribution is 2.15. The minimum Gasteiger partial charge on any atom is -0.310 e. The van der Waals surface area contributed by atoms with Crippen molar-refractivity contribution in [2.24, 2.45) is 5.92 Å². The van der Waals surface area contributed by atoms with Gasteiger partial charge in [-0.15, -0.1) is 0 Å². The first-order chi connectivity index (χ1) is 10.1. The van der Waals surface area contributed by atoms with E-state index in [0.717, 1.165) is 12.5 Å². The Morgan fingerprint density at radius 3 is 2.62 bits per heavy atom. The predicted octanol–water partition coefficient (Wildman–Crippen LogP) is 4.07. The van der Waals surface area contributed by atoms with Crippen LogP contribution in [0.3, 0.4) is 0 Å². The molecule has 2 atom stereocenters. The molecule has 1 aromatic rings. The van der Waals surface area contributed by atoms with Gasteiger partial charge in [0.15, 0.2) is 0 Å². The van der Waals surface area contributed by atoms with Gasteiger partial charge in [-0.05, 0) is 31.2 Å². The third-order valence-corrected chi connectivity index (χ3v) is 4.46. The summed E-state index contributed by atoms with van der Waals surface area (Å²) in [5.41, 5.74) is 1.43. The molecule has 1 fully saturated rings. The Kier molecular flexibility index (Phi) is 6.72. The van der Waals surface area contributed by atoms with Crippen LogP contribution in [0.15, 0.2) is 30.3 Å². The Labute approximate surface area is 130 Å². The van der Waals surface area contributed by atoms with E-state index in [-0.39, 0.29) is 0 Å². The zero-order valence-corrected chi connectivity index (χ0v) is 14.0. The largest absolute Gasteiger partial charge is 0.310 e. The maximum absolute atomic E-state index is 3.83. The van der Waals surface area contributed by atoms with Crippen molar-refractivity contribution in [2.75, 3.05) is 13.1 Å². The van der Waals surface area contributed by atoms with E-state index in [1.54, 1.807) is 0 Å². The van der Waals surface area contributed by atoms with Crippen LogP contribution >= 0.6 is 0 Å². The molecule has 2 nitrogen and oxygen atoms in total. The molecule has 0 spiro atoms. The van der Waals surface area contributed by atoms with Crippen molar-refractivity contribution in [1.82, 2.24) is 10.2 Å². The third kappa shape index (κ3) is 6.19. The van der Waals surface area contributed by atoms with Crippen LogP contribution in [0.5, 0.6) is 0 Å². The minimum absolute atomic E-state index is 0.658. The Morgan fingerprint density at radius 1 is 1.14 bits per heavy atom. The SMILES string of the molecule is CC(C)CCCC(C)NC1CCN(Cc2ccccc2)C1. The van der Waals surface area contributed by atoms with Crippen LogP contribution in [-0.2, 0) is 6.54 Å². The van der Waals surface area contributed by atoms with Gasteiger partial charge in [0.25, 0.3) is 0 Å². The minimum atomic E-state index is 0.658. The fraction of sp³-hybridized carbons (Fsp3) is 0.684. The molecule has 0 bridgehead atoms. The molecule has 1 aliphatic rings. The molecule has 2 heteroatoms. The van der Waals surface area contributed by atoms with Crippen molar-refractivity contribution in [3.8, 4) is 0 Å². The quantitative estimate of drug-likeness (QED) is 0.776. The molecule has 1 aliphatic heterocycles. The topological polar surface area (TPSA) is 15.3 Å². The smallest absolute Gasteiger partial charge is 0.0234 e. The first kappa shape index (κ1) is 16.5. The van der Waals surface area contributed by atoms with Crippen molar-refractivity contribution in [2.45, 2.75) is 65.1 Å². The van der Waals surface area contributed by atoms with Gasteiger partial charge >= 0.3 is 0 Å². The highest BCUT2D eigenvalue weighted by Gasteiger charge is 2.23. The molecule has 0 aromatic heterocycles. The van der Waals surface area contributed by atoms with E-state index in [1.807, 2.05) is 0 Å². The van der Waals surface area contributed by atoms with Crippen molar-refractivity contribution in [1.29, 1.82) is 0 Å². The van der Waals surface area contributed by atoms with E-state index in [0.29, 0.717) is 12.1 Å². The zero-order valence-electron chi connectivity index (χ0n) is 14.0. The summed E-state index contributed by atoms with van der Waals surface area (Å²) in [6.45, 7) is 10.5. The second-order valence-corrected chi connectivity index (χ2v) is 7.10. The lowest BCUT2D eigenvalue weighted by molar-refractivity contribution is 0.313. The molecule has 21 heavy (non-hydrogen) atoms. The number of hydrogen-bond donors (Lipinski definition) is 1. The Bertz CT molecular complexity index is 388. The molecular weight excluding hydrogens is 256 g/mol. The van der Waals surface area contributed by atoms with Crippen LogP contribution in [0, 0.1) is 5.92 Å². The molecule has 1 saturated heterocycles. The first-order valence-corrected chi connectivity index (χ1v) is 8.66. The van der Waals surface area contributed by atoms with Crippen molar-refractivity contribution >= 4 is 0 Å². The van der Waals surface area contributed by atoms with Crippen LogP contribution < -0.4 is 5.32 Å². The molecule has 1 aromatic carbocycles. The van der Waals surface area contributed by atoms with Crippen molar-refractivity contribution in [3.05, 3.63) is 35.9 Å². The van der Waals surface area contributed by atoms with Gasteiger partial charge in [0.05, 0.1) is 0 Å². The van der Waals surface area contributed by atoms with E-state index in [4.69, 9.17) is 0 Å². The summed E-state index contributed by atoms with van der Waals surface area (Å²) in [6, 6.07) is 12.2.